The molecule has 3 aromatic rings. The van der Waals surface area contributed by atoms with E-state index in [4.69, 9.17) is 24.5 Å². The molecule has 0 fully saturated rings. The molecule has 0 aliphatic rings. The molecule has 196 valence electrons. The summed E-state index contributed by atoms with van der Waals surface area (Å²) in [5.41, 5.74) is 6.89. The zero-order chi connectivity index (χ0) is 26.5. The molecular formula is C22H31N6O7P. The fourth-order valence-corrected chi connectivity index (χ4v) is 4.02. The molecule has 1 atom stereocenters. The van der Waals surface area contributed by atoms with E-state index in [1.807, 2.05) is 0 Å². The maximum Gasteiger partial charge on any atom is 0.407 e. The van der Waals surface area contributed by atoms with Gasteiger partial charge in [-0.1, -0.05) is 12.1 Å². The van der Waals surface area contributed by atoms with Crippen LogP contribution in [0.25, 0.3) is 11.2 Å². The van der Waals surface area contributed by atoms with Crippen LogP contribution in [0.1, 0.15) is 32.8 Å². The van der Waals surface area contributed by atoms with Crippen LogP contribution < -0.4 is 25.8 Å². The first kappa shape index (κ1) is 27.2. The molecule has 0 saturated heterocycles. The summed E-state index contributed by atoms with van der Waals surface area (Å²) in [6, 6.07) is 6.78. The number of ether oxygens (including phenoxy) is 3. The highest BCUT2D eigenvalue weighted by Gasteiger charge is 2.22. The van der Waals surface area contributed by atoms with Gasteiger partial charge in [0.25, 0.3) is 6.01 Å². The van der Waals surface area contributed by atoms with Crippen molar-refractivity contribution in [2.75, 3.05) is 33.1 Å². The van der Waals surface area contributed by atoms with Crippen LogP contribution in [0.4, 0.5) is 10.6 Å². The lowest BCUT2D eigenvalue weighted by Crippen LogP contribution is -2.33. The Morgan fingerprint density at radius 2 is 1.97 bits per heavy atom. The van der Waals surface area contributed by atoms with Gasteiger partial charge in [0.1, 0.15) is 5.60 Å². The van der Waals surface area contributed by atoms with Crippen LogP contribution in [0, 0.1) is 0 Å². The van der Waals surface area contributed by atoms with Crippen LogP contribution in [-0.2, 0) is 20.4 Å². The maximum absolute atomic E-state index is 12.2. The van der Waals surface area contributed by atoms with Crippen molar-refractivity contribution >= 4 is 36.0 Å². The summed E-state index contributed by atoms with van der Waals surface area (Å²) in [5, 5.41) is 2.81. The lowest BCUT2D eigenvalue weighted by atomic mass is 10.2. The lowest BCUT2D eigenvalue weighted by molar-refractivity contribution is 0.0525. The number of benzene rings is 1. The first-order chi connectivity index (χ1) is 16.9. The van der Waals surface area contributed by atoms with E-state index in [1.165, 1.54) is 20.3 Å². The Hall–Kier alpha value is -3.41. The molecule has 0 aliphatic carbocycles. The fraction of sp³-hybridized carbons (Fsp3) is 0.455. The number of rotatable bonds is 10. The maximum atomic E-state index is 12.2. The minimum atomic E-state index is -3.92. The van der Waals surface area contributed by atoms with Crippen LogP contribution in [0.5, 0.6) is 12.0 Å². The van der Waals surface area contributed by atoms with Crippen molar-refractivity contribution in [1.29, 1.82) is 0 Å². The highest BCUT2D eigenvalue weighted by Crippen LogP contribution is 2.39. The molecule has 0 saturated carbocycles. The number of aromatic nitrogens is 4. The molecule has 14 heteroatoms. The van der Waals surface area contributed by atoms with Gasteiger partial charge in [0.05, 0.1) is 25.6 Å². The molecule has 3 rings (SSSR count). The molecule has 36 heavy (non-hydrogen) atoms. The van der Waals surface area contributed by atoms with Gasteiger partial charge in [-0.2, -0.15) is 15.0 Å². The van der Waals surface area contributed by atoms with Gasteiger partial charge in [-0.05, 0) is 44.9 Å². The third-order valence-electron chi connectivity index (χ3n) is 4.79. The van der Waals surface area contributed by atoms with Crippen molar-refractivity contribution in [2.24, 2.45) is 0 Å². The van der Waals surface area contributed by atoms with E-state index in [9.17, 15) is 14.3 Å². The predicted octanol–water partition coefficient (Wildman–Crippen LogP) is 2.22. The largest absolute Gasteiger partial charge is 0.468 e. The smallest absolute Gasteiger partial charge is 0.407 e. The average molecular weight is 522 g/mol. The third kappa shape index (κ3) is 6.84. The molecule has 2 heterocycles. The Bertz CT molecular complexity index is 1270. The molecular weight excluding hydrogens is 491 g/mol. The average Bonchev–Trinajstić information content (AvgIpc) is 3.16. The summed E-state index contributed by atoms with van der Waals surface area (Å²) in [6.07, 6.45) is -0.0241. The summed E-state index contributed by atoms with van der Waals surface area (Å²) < 4.78 is 34.8. The van der Waals surface area contributed by atoms with Crippen molar-refractivity contribution < 1.29 is 33.0 Å². The van der Waals surface area contributed by atoms with Crippen molar-refractivity contribution in [2.45, 2.75) is 39.3 Å². The molecule has 0 spiro atoms. The SMILES string of the molecule is COc1nc2c(N)nc(OCCCNC(=O)OC(C)(C)C)nc2n1Cc1cccc(P(=O)(O)OC)c1. The van der Waals surface area contributed by atoms with Crippen molar-refractivity contribution in [1.82, 2.24) is 24.8 Å². The zero-order valence-corrected chi connectivity index (χ0v) is 21.7. The van der Waals surface area contributed by atoms with Crippen LogP contribution in [0.3, 0.4) is 0 Å². The van der Waals surface area contributed by atoms with E-state index in [-0.39, 0.29) is 36.3 Å². The number of nitrogens with one attached hydrogen (secondary N) is 1. The van der Waals surface area contributed by atoms with Gasteiger partial charge in [-0.15, -0.1) is 0 Å². The fourth-order valence-electron chi connectivity index (χ4n) is 3.20. The number of hydrogen-bond acceptors (Lipinski definition) is 10. The number of carbonyl (C=O) groups is 1. The first-order valence-electron chi connectivity index (χ1n) is 11.1. The monoisotopic (exact) mass is 522 g/mol. The van der Waals surface area contributed by atoms with Gasteiger partial charge < -0.3 is 34.7 Å². The standard InChI is InChI=1S/C22H31N6O7P/c1-22(2,3)35-21(29)24-10-7-11-34-19-26-17(23)16-18(27-19)28(20(25-16)32-4)13-14-8-6-9-15(12-14)36(30,31)33-5/h6,8-9,12H,7,10-11,13H2,1-5H3,(H,24,29)(H,30,31)(H2,23,26,27). The normalized spacial score (nSPS) is 13.3. The predicted molar refractivity (Wildman–Crippen MR) is 133 cm³/mol. The topological polar surface area (TPSA) is 173 Å². The van der Waals surface area contributed by atoms with Gasteiger partial charge in [0.15, 0.2) is 17.0 Å². The first-order valence-corrected chi connectivity index (χ1v) is 12.7. The van der Waals surface area contributed by atoms with Crippen molar-refractivity contribution in [3.05, 3.63) is 29.8 Å². The van der Waals surface area contributed by atoms with Gasteiger partial charge in [-0.3, -0.25) is 9.13 Å². The van der Waals surface area contributed by atoms with Gasteiger partial charge in [-0.25, -0.2) is 4.79 Å². The number of carbonyl (C=O) groups excluding carboxylic acids is 1. The van der Waals surface area contributed by atoms with Crippen LogP contribution >= 0.6 is 7.60 Å². The number of anilines is 1. The second-order valence-corrected chi connectivity index (χ2v) is 10.7. The molecule has 4 N–H and O–H groups in total. The van der Waals surface area contributed by atoms with Gasteiger partial charge >= 0.3 is 19.7 Å². The summed E-state index contributed by atoms with van der Waals surface area (Å²) in [5.74, 6) is 0.104. The molecule has 0 radical (unpaired) electrons. The number of imidazole rings is 1. The van der Waals surface area contributed by atoms with E-state index < -0.39 is 19.3 Å². The number of nitrogens with zero attached hydrogens (tertiary/aromatic N) is 4. The molecule has 0 bridgehead atoms. The van der Waals surface area contributed by atoms with E-state index in [0.29, 0.717) is 29.7 Å². The quantitative estimate of drug-likeness (QED) is 0.263. The van der Waals surface area contributed by atoms with Crippen LogP contribution in [-0.4, -0.2) is 63.5 Å². The summed E-state index contributed by atoms with van der Waals surface area (Å²) >= 11 is 0. The summed E-state index contributed by atoms with van der Waals surface area (Å²) in [7, 11) is -1.28. The Kier molecular flexibility index (Phi) is 8.39. The number of hydrogen-bond donors (Lipinski definition) is 3. The number of fused-ring (bicyclic) bond motifs is 1. The minimum absolute atomic E-state index is 0.0362. The minimum Gasteiger partial charge on any atom is -0.468 e. The van der Waals surface area contributed by atoms with Crippen molar-refractivity contribution in [3.63, 3.8) is 0 Å². The Morgan fingerprint density at radius 3 is 2.64 bits per heavy atom. The number of methoxy groups -OCH3 is 1. The van der Waals surface area contributed by atoms with Gasteiger partial charge in [0, 0.05) is 13.7 Å². The van der Waals surface area contributed by atoms with E-state index in [1.54, 1.807) is 43.5 Å². The molecule has 1 unspecified atom stereocenters. The van der Waals surface area contributed by atoms with Gasteiger partial charge in [0.2, 0.25) is 0 Å². The third-order valence-corrected chi connectivity index (χ3v) is 6.22. The highest BCUT2D eigenvalue weighted by molar-refractivity contribution is 7.61. The summed E-state index contributed by atoms with van der Waals surface area (Å²) in [4.78, 5) is 34.7. The lowest BCUT2D eigenvalue weighted by Gasteiger charge is -2.19. The Morgan fingerprint density at radius 1 is 1.22 bits per heavy atom. The number of alkyl carbamates (subject to hydrolysis) is 1. The zero-order valence-electron chi connectivity index (χ0n) is 20.8. The van der Waals surface area contributed by atoms with Crippen LogP contribution in [0.2, 0.25) is 0 Å². The number of nitrogens with two attached hydrogens (primary N) is 1. The number of amides is 1. The summed E-state index contributed by atoms with van der Waals surface area (Å²) in [6.45, 7) is 6.13. The molecule has 1 aromatic carbocycles. The number of nitrogen functional groups attached to an aromatic ring is 1. The Labute approximate surface area is 208 Å². The van der Waals surface area contributed by atoms with Crippen LogP contribution in [0.15, 0.2) is 24.3 Å². The highest BCUT2D eigenvalue weighted by atomic mass is 31.2. The second-order valence-electron chi connectivity index (χ2n) is 8.75. The Balaban J connectivity index is 1.75. The van der Waals surface area contributed by atoms with E-state index >= 15 is 0 Å². The van der Waals surface area contributed by atoms with Crippen molar-refractivity contribution in [3.8, 4) is 12.0 Å². The molecule has 2 aromatic heterocycles. The second kappa shape index (κ2) is 11.1. The van der Waals surface area contributed by atoms with E-state index in [2.05, 4.69) is 20.3 Å². The molecule has 1 amide bonds. The van der Waals surface area contributed by atoms with E-state index in [0.717, 1.165) is 0 Å². The molecule has 13 nitrogen and oxygen atoms in total. The molecule has 0 aliphatic heterocycles.